The molecule has 0 saturated heterocycles. The predicted octanol–water partition coefficient (Wildman–Crippen LogP) is 5.68. The van der Waals surface area contributed by atoms with E-state index in [1.165, 1.54) is 6.92 Å². The van der Waals surface area contributed by atoms with Gasteiger partial charge in [-0.3, -0.25) is 4.79 Å². The van der Waals surface area contributed by atoms with Gasteiger partial charge in [0.05, 0.1) is 6.61 Å². The number of carbonyl (C=O) groups excluding carboxylic acids is 2. The summed E-state index contributed by atoms with van der Waals surface area (Å²) in [6.45, 7) is 12.8. The van der Waals surface area contributed by atoms with Gasteiger partial charge in [0.1, 0.15) is 6.61 Å². The summed E-state index contributed by atoms with van der Waals surface area (Å²) in [5, 5.41) is 0. The molecule has 1 atom stereocenters. The van der Waals surface area contributed by atoms with Crippen molar-refractivity contribution in [2.24, 2.45) is 5.41 Å². The maximum Gasteiger partial charge on any atom is 0.511 e. The minimum Gasteiger partial charge on any atom is -0.453 e. The van der Waals surface area contributed by atoms with E-state index in [-0.39, 0.29) is 69.3 Å². The zero-order valence-corrected chi connectivity index (χ0v) is 27.4. The second-order valence-corrected chi connectivity index (χ2v) is 7.19. The zero-order chi connectivity index (χ0) is 26.4. The molecule has 0 aromatic heterocycles. The standard InChI is InChI=1S/C15H22NO4.C8H7O2.2C2H6.V.Y/c1-15(11-18-4,10-16(2)3)12-19-14(17)20-13-8-6-5-7-9-13;1-7(9)10-8-5-3-2-4-6-8;2*1-2;;/h6-9H,10-12H2,1-4H3;3-6H,1H3;2*1-2H3;;/q2*-1;;;;. The molecular formula is C27H41NO6VY-2. The Hall–Kier alpha value is -1.21. The van der Waals surface area contributed by atoms with Gasteiger partial charge in [-0.25, -0.2) is 4.79 Å². The summed E-state index contributed by atoms with van der Waals surface area (Å²) in [7, 11) is 5.56. The molecule has 200 valence electrons. The van der Waals surface area contributed by atoms with E-state index in [0.29, 0.717) is 18.1 Å². The number of carbonyl (C=O) groups is 2. The molecule has 2 rings (SSSR count). The SMILES string of the molecule is CC.CC.CC(=O)Oc1cc[c-]cc1.COCC(C)(COC(=O)Oc1cc[c-]cc1)CN(C)C.[V].[Y]. The number of hydrogen-bond acceptors (Lipinski definition) is 7. The predicted molar refractivity (Wildman–Crippen MR) is 135 cm³/mol. The third-order valence-electron chi connectivity index (χ3n) is 3.57. The molecule has 2 radical (unpaired) electrons. The molecule has 9 heteroatoms. The van der Waals surface area contributed by atoms with Crippen LogP contribution in [0.3, 0.4) is 0 Å². The Labute approximate surface area is 255 Å². The topological polar surface area (TPSA) is 74.3 Å². The zero-order valence-electron chi connectivity index (χ0n) is 23.2. The van der Waals surface area contributed by atoms with E-state index in [9.17, 15) is 9.59 Å². The maximum atomic E-state index is 11.6. The average molecular weight is 615 g/mol. The Balaban J connectivity index is -0.000000271. The molecule has 0 spiro atoms. The molecule has 0 saturated carbocycles. The molecule has 36 heavy (non-hydrogen) atoms. The van der Waals surface area contributed by atoms with Crippen molar-refractivity contribution in [3.8, 4) is 11.5 Å². The summed E-state index contributed by atoms with van der Waals surface area (Å²) < 4.78 is 20.2. The van der Waals surface area contributed by atoms with E-state index in [1.54, 1.807) is 55.6 Å². The molecule has 0 aliphatic carbocycles. The molecular weight excluding hydrogens is 574 g/mol. The van der Waals surface area contributed by atoms with Crippen LogP contribution in [0.15, 0.2) is 48.5 Å². The van der Waals surface area contributed by atoms with Crippen LogP contribution in [-0.2, 0) is 65.5 Å². The normalized spacial score (nSPS) is 10.5. The van der Waals surface area contributed by atoms with Gasteiger partial charge >= 0.3 is 12.1 Å². The molecule has 2 aromatic carbocycles. The molecule has 7 nitrogen and oxygen atoms in total. The van der Waals surface area contributed by atoms with Crippen LogP contribution in [-0.4, -0.2) is 58.0 Å². The summed E-state index contributed by atoms with van der Waals surface area (Å²) in [4.78, 5) is 24.0. The summed E-state index contributed by atoms with van der Waals surface area (Å²) in [5.41, 5.74) is -0.276. The Morgan fingerprint density at radius 1 is 0.861 bits per heavy atom. The van der Waals surface area contributed by atoms with Gasteiger partial charge in [0.15, 0.2) is 0 Å². The summed E-state index contributed by atoms with van der Waals surface area (Å²) in [6, 6.07) is 19.0. The Morgan fingerprint density at radius 2 is 1.28 bits per heavy atom. The van der Waals surface area contributed by atoms with Crippen molar-refractivity contribution < 1.29 is 79.8 Å². The van der Waals surface area contributed by atoms with Gasteiger partial charge in [0, 0.05) is 88.8 Å². The van der Waals surface area contributed by atoms with Crippen LogP contribution in [0.4, 0.5) is 4.79 Å². The first-order valence-electron chi connectivity index (χ1n) is 11.3. The van der Waals surface area contributed by atoms with Crippen LogP contribution in [0, 0.1) is 17.5 Å². The van der Waals surface area contributed by atoms with Crippen LogP contribution < -0.4 is 9.47 Å². The molecule has 1 unspecified atom stereocenters. The van der Waals surface area contributed by atoms with Crippen molar-refractivity contribution in [1.29, 1.82) is 0 Å². The van der Waals surface area contributed by atoms with E-state index in [2.05, 4.69) is 12.1 Å². The molecule has 2 aromatic rings. The van der Waals surface area contributed by atoms with Gasteiger partial charge in [-0.15, -0.1) is 24.3 Å². The van der Waals surface area contributed by atoms with Crippen LogP contribution >= 0.6 is 0 Å². The van der Waals surface area contributed by atoms with Gasteiger partial charge in [-0.05, 0) is 14.1 Å². The third kappa shape index (κ3) is 23.2. The second-order valence-electron chi connectivity index (χ2n) is 7.19. The van der Waals surface area contributed by atoms with Gasteiger partial charge in [0.2, 0.25) is 0 Å². The van der Waals surface area contributed by atoms with E-state index in [0.717, 1.165) is 6.54 Å². The number of ether oxygens (including phenoxy) is 4. The third-order valence-corrected chi connectivity index (χ3v) is 3.57. The molecule has 0 amide bonds. The Bertz CT molecular complexity index is 765. The second kappa shape index (κ2) is 26.8. The van der Waals surface area contributed by atoms with Gasteiger partial charge in [-0.2, -0.15) is 36.4 Å². The smallest absolute Gasteiger partial charge is 0.453 e. The summed E-state index contributed by atoms with van der Waals surface area (Å²) in [6.07, 6.45) is -0.711. The van der Waals surface area contributed by atoms with Crippen LogP contribution in [0.5, 0.6) is 11.5 Å². The maximum absolute atomic E-state index is 11.6. The van der Waals surface area contributed by atoms with E-state index in [4.69, 9.17) is 18.9 Å². The van der Waals surface area contributed by atoms with Crippen molar-refractivity contribution in [2.45, 2.75) is 41.5 Å². The Morgan fingerprint density at radius 3 is 1.64 bits per heavy atom. The quantitative estimate of drug-likeness (QED) is 0.164. The minimum atomic E-state index is -0.711. The van der Waals surface area contributed by atoms with Crippen LogP contribution in [0.2, 0.25) is 0 Å². The first-order valence-corrected chi connectivity index (χ1v) is 11.3. The first-order chi connectivity index (χ1) is 16.2. The number of benzene rings is 2. The van der Waals surface area contributed by atoms with E-state index in [1.807, 2.05) is 53.6 Å². The molecule has 0 heterocycles. The van der Waals surface area contributed by atoms with Crippen molar-refractivity contribution in [1.82, 2.24) is 4.90 Å². The number of methoxy groups -OCH3 is 1. The monoisotopic (exact) mass is 615 g/mol. The summed E-state index contributed by atoms with van der Waals surface area (Å²) >= 11 is 0. The van der Waals surface area contributed by atoms with E-state index >= 15 is 0 Å². The summed E-state index contributed by atoms with van der Waals surface area (Å²) in [5.74, 6) is 0.701. The number of rotatable bonds is 8. The van der Waals surface area contributed by atoms with Crippen molar-refractivity contribution in [3.63, 3.8) is 0 Å². The van der Waals surface area contributed by atoms with Crippen LogP contribution in [0.1, 0.15) is 41.5 Å². The fraction of sp³-hybridized carbons (Fsp3) is 0.481. The van der Waals surface area contributed by atoms with Crippen molar-refractivity contribution in [3.05, 3.63) is 60.7 Å². The Kier molecular flexibility index (Phi) is 31.2. The van der Waals surface area contributed by atoms with Gasteiger partial charge in [-0.1, -0.05) is 34.6 Å². The van der Waals surface area contributed by atoms with Gasteiger partial charge < -0.3 is 23.8 Å². The van der Waals surface area contributed by atoms with Gasteiger partial charge in [0.25, 0.3) is 0 Å². The number of nitrogens with zero attached hydrogens (tertiary/aromatic N) is 1. The molecule has 0 bridgehead atoms. The van der Waals surface area contributed by atoms with Crippen molar-refractivity contribution in [2.75, 3.05) is 41.0 Å². The van der Waals surface area contributed by atoms with Crippen LogP contribution in [0.25, 0.3) is 0 Å². The fourth-order valence-electron chi connectivity index (χ4n) is 2.65. The molecule has 0 aliphatic rings. The molecule has 0 fully saturated rings. The number of hydrogen-bond donors (Lipinski definition) is 0. The van der Waals surface area contributed by atoms with E-state index < -0.39 is 6.16 Å². The molecule has 0 aliphatic heterocycles. The van der Waals surface area contributed by atoms with Crippen molar-refractivity contribution >= 4 is 12.1 Å². The first kappa shape index (κ1) is 41.9. The fourth-order valence-corrected chi connectivity index (χ4v) is 2.65. The molecule has 0 N–H and O–H groups in total. The minimum absolute atomic E-state index is 0. The largest absolute Gasteiger partial charge is 0.511 e. The number of esters is 1. The average Bonchev–Trinajstić information content (AvgIpc) is 2.81.